The van der Waals surface area contributed by atoms with Gasteiger partial charge in [-0.1, -0.05) is 50.2 Å². The van der Waals surface area contributed by atoms with Crippen LogP contribution >= 0.6 is 0 Å². The lowest BCUT2D eigenvalue weighted by atomic mass is 10.0. The van der Waals surface area contributed by atoms with E-state index in [4.69, 9.17) is 20.6 Å². The fourth-order valence-electron chi connectivity index (χ4n) is 4.95. The van der Waals surface area contributed by atoms with E-state index in [0.29, 0.717) is 47.3 Å². The van der Waals surface area contributed by atoms with Crippen LogP contribution in [0.1, 0.15) is 43.4 Å². The van der Waals surface area contributed by atoms with Crippen LogP contribution in [0.5, 0.6) is 17.2 Å². The number of carbonyl (C=O) groups is 1. The van der Waals surface area contributed by atoms with Gasteiger partial charge in [0.05, 0.1) is 11.3 Å². The molecule has 4 aromatic rings. The lowest BCUT2D eigenvalue weighted by Crippen LogP contribution is -2.46. The quantitative estimate of drug-likeness (QED) is 0.205. The lowest BCUT2D eigenvalue weighted by Gasteiger charge is -2.34. The number of amides is 1. The van der Waals surface area contributed by atoms with Gasteiger partial charge in [0.25, 0.3) is 0 Å². The summed E-state index contributed by atoms with van der Waals surface area (Å²) in [6.07, 6.45) is 3.18. The van der Waals surface area contributed by atoms with Crippen molar-refractivity contribution in [1.29, 1.82) is 5.41 Å². The van der Waals surface area contributed by atoms with E-state index in [0.717, 1.165) is 24.9 Å². The Morgan fingerprint density at radius 1 is 1.02 bits per heavy atom. The molecule has 9 heteroatoms. The number of nitrogen functional groups attached to an aromatic ring is 1. The third kappa shape index (κ3) is 7.04. The van der Waals surface area contributed by atoms with Gasteiger partial charge in [-0.05, 0) is 54.8 Å². The predicted octanol–water partition coefficient (Wildman–Crippen LogP) is 5.91. The van der Waals surface area contributed by atoms with Gasteiger partial charge in [0.15, 0.2) is 0 Å². The molecule has 9 nitrogen and oxygen atoms in total. The van der Waals surface area contributed by atoms with E-state index in [1.165, 1.54) is 6.33 Å². The van der Waals surface area contributed by atoms with Crippen LogP contribution in [0.2, 0.25) is 0 Å². The Kier molecular flexibility index (Phi) is 8.96. The van der Waals surface area contributed by atoms with Gasteiger partial charge in [-0.2, -0.15) is 0 Å². The summed E-state index contributed by atoms with van der Waals surface area (Å²) in [5.74, 6) is 2.79. The second-order valence-electron chi connectivity index (χ2n) is 10.7. The minimum Gasteiger partial charge on any atom is -0.489 e. The van der Waals surface area contributed by atoms with E-state index in [1.807, 2.05) is 97.6 Å². The van der Waals surface area contributed by atoms with E-state index >= 15 is 0 Å². The van der Waals surface area contributed by atoms with Crippen molar-refractivity contribution < 1.29 is 14.3 Å². The fraction of sp³-hybridized carbons (Fsp3) is 0.273. The second-order valence-corrected chi connectivity index (χ2v) is 10.7. The molecular weight excluding hydrogens is 528 g/mol. The molecule has 0 bridgehead atoms. The van der Waals surface area contributed by atoms with Crippen molar-refractivity contribution in [3.8, 4) is 17.2 Å². The number of ether oxygens (including phenoxy) is 2. The monoisotopic (exact) mass is 564 g/mol. The molecule has 216 valence electrons. The highest BCUT2D eigenvalue weighted by Crippen LogP contribution is 2.28. The standard InChI is InChI=1S/C33H36N6O3/c1-22(2)33(40)39-17-7-10-25(19-39)38-32-29(31(35)36-21-37-32)30(34)24-13-15-26(16-14-24)42-28-12-6-11-27(18-28)41-20-23-8-4-3-5-9-23/h3-6,8-9,11-16,18,21-22,25,34H,7,10,17,19-20H2,1-2H3,(H3,35,36,37,38). The zero-order valence-corrected chi connectivity index (χ0v) is 23.9. The maximum Gasteiger partial charge on any atom is 0.225 e. The van der Waals surface area contributed by atoms with Crippen molar-refractivity contribution in [1.82, 2.24) is 14.9 Å². The van der Waals surface area contributed by atoms with Gasteiger partial charge in [-0.15, -0.1) is 0 Å². The Labute approximate surface area is 246 Å². The summed E-state index contributed by atoms with van der Waals surface area (Å²) in [6, 6.07) is 24.7. The Bertz CT molecular complexity index is 1520. The summed E-state index contributed by atoms with van der Waals surface area (Å²) in [4.78, 5) is 23.0. The maximum absolute atomic E-state index is 12.6. The number of carbonyl (C=O) groups excluding carboxylic acids is 1. The summed E-state index contributed by atoms with van der Waals surface area (Å²) < 4.78 is 12.0. The summed E-state index contributed by atoms with van der Waals surface area (Å²) in [6.45, 7) is 5.64. The number of nitrogens with two attached hydrogens (primary N) is 1. The van der Waals surface area contributed by atoms with Crippen molar-refractivity contribution in [2.75, 3.05) is 24.1 Å². The number of likely N-dealkylation sites (tertiary alicyclic amines) is 1. The molecule has 0 aliphatic carbocycles. The number of aromatic nitrogens is 2. The lowest BCUT2D eigenvalue weighted by molar-refractivity contribution is -0.135. The third-order valence-electron chi connectivity index (χ3n) is 7.13. The average Bonchev–Trinajstić information content (AvgIpc) is 3.01. The van der Waals surface area contributed by atoms with E-state index in [2.05, 4.69) is 15.3 Å². The molecule has 0 radical (unpaired) electrons. The normalized spacial score (nSPS) is 14.8. The van der Waals surface area contributed by atoms with Crippen molar-refractivity contribution >= 4 is 23.3 Å². The van der Waals surface area contributed by atoms with Gasteiger partial charge in [0.1, 0.15) is 41.8 Å². The van der Waals surface area contributed by atoms with Crippen molar-refractivity contribution in [3.05, 3.63) is 102 Å². The number of piperidine rings is 1. The largest absolute Gasteiger partial charge is 0.489 e. The average molecular weight is 565 g/mol. The van der Waals surface area contributed by atoms with Crippen molar-refractivity contribution in [2.45, 2.75) is 39.3 Å². The Hall–Kier alpha value is -4.92. The first-order valence-corrected chi connectivity index (χ1v) is 14.2. The van der Waals surface area contributed by atoms with E-state index < -0.39 is 0 Å². The highest BCUT2D eigenvalue weighted by atomic mass is 16.5. The summed E-state index contributed by atoms with van der Waals surface area (Å²) in [7, 11) is 0. The number of hydrogen-bond donors (Lipinski definition) is 3. The smallest absolute Gasteiger partial charge is 0.225 e. The molecule has 0 spiro atoms. The molecule has 1 aliphatic rings. The molecule has 0 saturated carbocycles. The van der Waals surface area contributed by atoms with E-state index in [-0.39, 0.29) is 29.4 Å². The molecule has 1 atom stereocenters. The molecule has 42 heavy (non-hydrogen) atoms. The van der Waals surface area contributed by atoms with Crippen LogP contribution in [0.15, 0.2) is 85.2 Å². The van der Waals surface area contributed by atoms with Gasteiger partial charge in [-0.3, -0.25) is 10.2 Å². The summed E-state index contributed by atoms with van der Waals surface area (Å²) >= 11 is 0. The number of nitrogens with zero attached hydrogens (tertiary/aromatic N) is 3. The molecule has 1 aromatic heterocycles. The van der Waals surface area contributed by atoms with Crippen molar-refractivity contribution in [2.24, 2.45) is 5.92 Å². The van der Waals surface area contributed by atoms with Gasteiger partial charge in [0, 0.05) is 36.7 Å². The van der Waals surface area contributed by atoms with Crippen LogP contribution in [0.3, 0.4) is 0 Å². The molecule has 1 fully saturated rings. The molecular formula is C33H36N6O3. The van der Waals surface area contributed by atoms with Crippen LogP contribution in [0, 0.1) is 11.3 Å². The van der Waals surface area contributed by atoms with Crippen LogP contribution in [-0.4, -0.2) is 45.6 Å². The summed E-state index contributed by atoms with van der Waals surface area (Å²) in [5, 5.41) is 12.4. The minimum atomic E-state index is -0.0500. The second kappa shape index (κ2) is 13.2. The van der Waals surface area contributed by atoms with Crippen molar-refractivity contribution in [3.63, 3.8) is 0 Å². The third-order valence-corrected chi connectivity index (χ3v) is 7.13. The van der Waals surface area contributed by atoms with Gasteiger partial charge < -0.3 is 25.4 Å². The highest BCUT2D eigenvalue weighted by molar-refractivity contribution is 6.16. The minimum absolute atomic E-state index is 0.00510. The first-order chi connectivity index (χ1) is 20.4. The number of anilines is 2. The Morgan fingerprint density at radius 3 is 2.55 bits per heavy atom. The molecule has 5 rings (SSSR count). The van der Waals surface area contributed by atoms with Crippen LogP contribution in [0.4, 0.5) is 11.6 Å². The fourth-order valence-corrected chi connectivity index (χ4v) is 4.95. The summed E-state index contributed by atoms with van der Waals surface area (Å²) in [5.41, 5.74) is 8.62. The predicted molar refractivity (Wildman–Crippen MR) is 164 cm³/mol. The molecule has 3 aromatic carbocycles. The van der Waals surface area contributed by atoms with Gasteiger partial charge >= 0.3 is 0 Å². The molecule has 1 amide bonds. The molecule has 2 heterocycles. The Balaban J connectivity index is 1.25. The van der Waals surface area contributed by atoms with Crippen LogP contribution in [0.25, 0.3) is 0 Å². The molecule has 1 saturated heterocycles. The van der Waals surface area contributed by atoms with E-state index in [9.17, 15) is 4.79 Å². The first kappa shape index (κ1) is 28.6. The topological polar surface area (TPSA) is 126 Å². The number of benzene rings is 3. The zero-order chi connectivity index (χ0) is 29.5. The van der Waals surface area contributed by atoms with E-state index in [1.54, 1.807) is 0 Å². The highest BCUT2D eigenvalue weighted by Gasteiger charge is 2.27. The van der Waals surface area contributed by atoms with Crippen LogP contribution in [-0.2, 0) is 11.4 Å². The molecule has 1 aliphatic heterocycles. The number of nitrogens with one attached hydrogen (secondary N) is 2. The SMILES string of the molecule is CC(C)C(=O)N1CCCC(Nc2ncnc(N)c2C(=N)c2ccc(Oc3cccc(OCc4ccccc4)c3)cc2)C1. The van der Waals surface area contributed by atoms with Gasteiger partial charge in [-0.25, -0.2) is 9.97 Å². The Morgan fingerprint density at radius 2 is 1.79 bits per heavy atom. The zero-order valence-electron chi connectivity index (χ0n) is 23.9. The number of rotatable bonds is 10. The van der Waals surface area contributed by atoms with Gasteiger partial charge in [0.2, 0.25) is 5.91 Å². The molecule has 4 N–H and O–H groups in total. The maximum atomic E-state index is 12.6. The molecule has 1 unspecified atom stereocenters. The first-order valence-electron chi connectivity index (χ1n) is 14.2. The number of hydrogen-bond acceptors (Lipinski definition) is 8. The van der Waals surface area contributed by atoms with Crippen LogP contribution < -0.4 is 20.5 Å².